The maximum atomic E-state index is 4.54. The summed E-state index contributed by atoms with van der Waals surface area (Å²) < 4.78 is 0. The predicted molar refractivity (Wildman–Crippen MR) is 102 cm³/mol. The van der Waals surface area contributed by atoms with Crippen LogP contribution in [0.15, 0.2) is 30.5 Å². The molecule has 0 aliphatic carbocycles. The number of pyridine rings is 1. The van der Waals surface area contributed by atoms with Gasteiger partial charge in [0.25, 0.3) is 0 Å². The molecule has 24 heavy (non-hydrogen) atoms. The molecule has 1 unspecified atom stereocenters. The maximum Gasteiger partial charge on any atom is 0.0448 e. The zero-order chi connectivity index (χ0) is 16.9. The molecule has 0 N–H and O–H groups in total. The number of likely N-dealkylation sites (tertiary alicyclic amines) is 1. The first-order chi connectivity index (χ1) is 11.6. The first-order valence-electron chi connectivity index (χ1n) is 9.02. The van der Waals surface area contributed by atoms with Crippen molar-refractivity contribution >= 4 is 11.3 Å². The minimum atomic E-state index is 0.489. The van der Waals surface area contributed by atoms with Gasteiger partial charge in [0.1, 0.15) is 0 Å². The van der Waals surface area contributed by atoms with Crippen LogP contribution in [0.2, 0.25) is 0 Å². The molecule has 0 saturated carbocycles. The Morgan fingerprint density at radius 3 is 2.71 bits per heavy atom. The van der Waals surface area contributed by atoms with Crippen LogP contribution in [0.25, 0.3) is 0 Å². The number of likely N-dealkylation sites (N-methyl/N-ethyl adjacent to an activating group) is 1. The van der Waals surface area contributed by atoms with Crippen LogP contribution in [-0.4, -0.2) is 41.0 Å². The molecule has 0 radical (unpaired) electrons. The van der Waals surface area contributed by atoms with E-state index in [0.29, 0.717) is 6.04 Å². The molecule has 4 heteroatoms. The summed E-state index contributed by atoms with van der Waals surface area (Å²) >= 11 is 1.98. The second-order valence-electron chi connectivity index (χ2n) is 7.09. The summed E-state index contributed by atoms with van der Waals surface area (Å²) in [5, 5.41) is 0. The molecule has 0 aromatic carbocycles. The molecule has 1 aliphatic rings. The SMILES string of the molecule is Cc1cccnc1CC(C)N(C)Cc1ccc(CN2CCCC2)s1. The molecule has 2 aromatic rings. The first-order valence-corrected chi connectivity index (χ1v) is 9.84. The van der Waals surface area contributed by atoms with Gasteiger partial charge in [-0.25, -0.2) is 0 Å². The topological polar surface area (TPSA) is 19.4 Å². The fraction of sp³-hybridized carbons (Fsp3) is 0.550. The Bertz CT molecular complexity index is 646. The molecule has 1 aliphatic heterocycles. The molecule has 130 valence electrons. The maximum absolute atomic E-state index is 4.54. The zero-order valence-corrected chi connectivity index (χ0v) is 16.0. The number of hydrogen-bond acceptors (Lipinski definition) is 4. The molecule has 1 saturated heterocycles. The van der Waals surface area contributed by atoms with E-state index in [1.807, 2.05) is 23.6 Å². The molecule has 1 fully saturated rings. The highest BCUT2D eigenvalue weighted by molar-refractivity contribution is 7.11. The van der Waals surface area contributed by atoms with Crippen LogP contribution in [-0.2, 0) is 19.5 Å². The Balaban J connectivity index is 1.53. The van der Waals surface area contributed by atoms with E-state index in [4.69, 9.17) is 0 Å². The van der Waals surface area contributed by atoms with Crippen molar-refractivity contribution in [3.8, 4) is 0 Å². The van der Waals surface area contributed by atoms with Gasteiger partial charge in [-0.05, 0) is 70.6 Å². The molecule has 1 atom stereocenters. The number of aryl methyl sites for hydroxylation is 1. The van der Waals surface area contributed by atoms with E-state index in [1.165, 1.54) is 46.9 Å². The van der Waals surface area contributed by atoms with Crippen molar-refractivity contribution in [2.75, 3.05) is 20.1 Å². The van der Waals surface area contributed by atoms with Gasteiger partial charge in [0, 0.05) is 47.2 Å². The van der Waals surface area contributed by atoms with E-state index in [0.717, 1.165) is 19.5 Å². The van der Waals surface area contributed by atoms with Gasteiger partial charge in [-0.3, -0.25) is 14.8 Å². The van der Waals surface area contributed by atoms with Crippen molar-refractivity contribution in [3.05, 3.63) is 51.5 Å². The van der Waals surface area contributed by atoms with Crippen LogP contribution < -0.4 is 0 Å². The molecular formula is C20H29N3S. The third-order valence-corrected chi connectivity index (χ3v) is 6.11. The molecular weight excluding hydrogens is 314 g/mol. The van der Waals surface area contributed by atoms with Crippen LogP contribution in [0.1, 0.15) is 40.8 Å². The summed E-state index contributed by atoms with van der Waals surface area (Å²) in [7, 11) is 2.23. The standard InChI is InChI=1S/C20H29N3S/c1-16-7-6-10-21-20(16)13-17(2)22(3)14-18-8-9-19(24-18)15-23-11-4-5-12-23/h6-10,17H,4-5,11-15H2,1-3H3. The average molecular weight is 344 g/mol. The van der Waals surface area contributed by atoms with Crippen LogP contribution in [0.5, 0.6) is 0 Å². The van der Waals surface area contributed by atoms with Gasteiger partial charge < -0.3 is 0 Å². The van der Waals surface area contributed by atoms with E-state index in [2.05, 4.69) is 53.9 Å². The summed E-state index contributed by atoms with van der Waals surface area (Å²) in [6.45, 7) is 9.15. The van der Waals surface area contributed by atoms with E-state index >= 15 is 0 Å². The van der Waals surface area contributed by atoms with Gasteiger partial charge in [-0.1, -0.05) is 6.07 Å². The first kappa shape index (κ1) is 17.6. The highest BCUT2D eigenvalue weighted by atomic mass is 32.1. The van der Waals surface area contributed by atoms with Crippen molar-refractivity contribution in [3.63, 3.8) is 0 Å². The second-order valence-corrected chi connectivity index (χ2v) is 8.34. The molecule has 3 nitrogen and oxygen atoms in total. The highest BCUT2D eigenvalue weighted by Gasteiger charge is 2.15. The van der Waals surface area contributed by atoms with Crippen molar-refractivity contribution < 1.29 is 0 Å². The summed E-state index contributed by atoms with van der Waals surface area (Å²) in [5.41, 5.74) is 2.51. The molecule has 3 heterocycles. The zero-order valence-electron chi connectivity index (χ0n) is 15.2. The average Bonchev–Trinajstić information content (AvgIpc) is 3.22. The minimum absolute atomic E-state index is 0.489. The van der Waals surface area contributed by atoms with Crippen LogP contribution >= 0.6 is 11.3 Å². The van der Waals surface area contributed by atoms with E-state index in [9.17, 15) is 0 Å². The minimum Gasteiger partial charge on any atom is -0.298 e. The number of thiophene rings is 1. The van der Waals surface area contributed by atoms with Gasteiger partial charge >= 0.3 is 0 Å². The number of nitrogens with zero attached hydrogens (tertiary/aromatic N) is 3. The van der Waals surface area contributed by atoms with Crippen LogP contribution in [0, 0.1) is 6.92 Å². The van der Waals surface area contributed by atoms with Crippen molar-refractivity contribution in [1.82, 2.24) is 14.8 Å². The third kappa shape index (κ3) is 4.65. The monoisotopic (exact) mass is 343 g/mol. The lowest BCUT2D eigenvalue weighted by molar-refractivity contribution is 0.248. The van der Waals surface area contributed by atoms with Gasteiger partial charge in [0.05, 0.1) is 0 Å². The fourth-order valence-electron chi connectivity index (χ4n) is 3.32. The Labute approximate surface area is 150 Å². The lowest BCUT2D eigenvalue weighted by Crippen LogP contribution is -2.30. The molecule has 3 rings (SSSR count). The molecule has 2 aromatic heterocycles. The normalized spacial score (nSPS) is 16.8. The smallest absolute Gasteiger partial charge is 0.0448 e. The summed E-state index contributed by atoms with van der Waals surface area (Å²) in [5.74, 6) is 0. The van der Waals surface area contributed by atoms with Gasteiger partial charge in [0.2, 0.25) is 0 Å². The quantitative estimate of drug-likeness (QED) is 0.754. The molecule has 0 spiro atoms. The van der Waals surface area contributed by atoms with Crippen molar-refractivity contribution in [1.29, 1.82) is 0 Å². The van der Waals surface area contributed by atoms with Crippen molar-refractivity contribution in [2.24, 2.45) is 0 Å². The van der Waals surface area contributed by atoms with Crippen molar-refractivity contribution in [2.45, 2.75) is 52.2 Å². The van der Waals surface area contributed by atoms with Gasteiger partial charge in [0.15, 0.2) is 0 Å². The fourth-order valence-corrected chi connectivity index (χ4v) is 4.45. The summed E-state index contributed by atoms with van der Waals surface area (Å²) in [6, 6.07) is 9.29. The predicted octanol–water partition coefficient (Wildman–Crippen LogP) is 4.11. The van der Waals surface area contributed by atoms with Gasteiger partial charge in [-0.15, -0.1) is 11.3 Å². The van der Waals surface area contributed by atoms with E-state index in [-0.39, 0.29) is 0 Å². The Kier molecular flexibility index (Phi) is 6.04. The van der Waals surface area contributed by atoms with E-state index < -0.39 is 0 Å². The lowest BCUT2D eigenvalue weighted by atomic mass is 10.1. The lowest BCUT2D eigenvalue weighted by Gasteiger charge is -2.24. The third-order valence-electron chi connectivity index (χ3n) is 5.06. The second kappa shape index (κ2) is 8.24. The molecule has 0 bridgehead atoms. The summed E-state index contributed by atoms with van der Waals surface area (Å²) in [4.78, 5) is 12.5. The highest BCUT2D eigenvalue weighted by Crippen LogP contribution is 2.22. The number of rotatable bonds is 7. The molecule has 0 amide bonds. The number of aromatic nitrogens is 1. The van der Waals surface area contributed by atoms with E-state index in [1.54, 1.807) is 0 Å². The van der Waals surface area contributed by atoms with Gasteiger partial charge in [-0.2, -0.15) is 0 Å². The largest absolute Gasteiger partial charge is 0.298 e. The van der Waals surface area contributed by atoms with Crippen LogP contribution in [0.3, 0.4) is 0 Å². The number of hydrogen-bond donors (Lipinski definition) is 0. The Morgan fingerprint density at radius 1 is 1.21 bits per heavy atom. The summed E-state index contributed by atoms with van der Waals surface area (Å²) in [6.07, 6.45) is 5.64. The Hall–Kier alpha value is -1.23. The van der Waals surface area contributed by atoms with Crippen LogP contribution in [0.4, 0.5) is 0 Å². The Morgan fingerprint density at radius 2 is 1.96 bits per heavy atom.